The van der Waals surface area contributed by atoms with Gasteiger partial charge in [0.25, 0.3) is 5.91 Å². The van der Waals surface area contributed by atoms with Crippen molar-refractivity contribution < 1.29 is 17.9 Å². The Labute approximate surface area is 189 Å². The molecule has 1 saturated heterocycles. The molecule has 0 bridgehead atoms. The molecule has 2 aromatic carbocycles. The third-order valence-electron chi connectivity index (χ3n) is 5.85. The molecular weight excluding hydrogens is 436 g/mol. The van der Waals surface area contributed by atoms with Crippen LogP contribution in [0.15, 0.2) is 47.4 Å². The number of benzene rings is 2. The molecule has 1 heterocycles. The van der Waals surface area contributed by atoms with Gasteiger partial charge in [-0.2, -0.15) is 4.31 Å². The summed E-state index contributed by atoms with van der Waals surface area (Å²) in [5.74, 6) is 0.401. The van der Waals surface area contributed by atoms with Crippen LogP contribution in [0.1, 0.15) is 54.6 Å². The number of hydrogen-bond donors (Lipinski definition) is 0. The van der Waals surface area contributed by atoms with Crippen LogP contribution in [-0.2, 0) is 10.0 Å². The zero-order chi connectivity index (χ0) is 22.6. The summed E-state index contributed by atoms with van der Waals surface area (Å²) < 4.78 is 33.4. The van der Waals surface area contributed by atoms with Crippen LogP contribution in [0, 0.1) is 0 Å². The number of ether oxygens (including phenoxy) is 1. The zero-order valence-electron chi connectivity index (χ0n) is 18.2. The molecule has 2 aromatic rings. The highest BCUT2D eigenvalue weighted by atomic mass is 35.5. The van der Waals surface area contributed by atoms with Crippen LogP contribution in [0.3, 0.4) is 0 Å². The number of nitrogens with zero attached hydrogens (tertiary/aromatic N) is 2. The number of methoxy groups -OCH3 is 1. The molecule has 1 atom stereocenters. The van der Waals surface area contributed by atoms with E-state index in [4.69, 9.17) is 16.3 Å². The number of halogens is 1. The first-order chi connectivity index (χ1) is 14.8. The van der Waals surface area contributed by atoms with Gasteiger partial charge in [0, 0.05) is 31.3 Å². The minimum Gasteiger partial charge on any atom is -0.496 e. The van der Waals surface area contributed by atoms with Crippen LogP contribution in [0.25, 0.3) is 0 Å². The Morgan fingerprint density at radius 3 is 2.39 bits per heavy atom. The lowest BCUT2D eigenvalue weighted by molar-refractivity contribution is 0.0741. The standard InChI is InChI=1S/C23H29ClN2O4S/c1-17(19-10-6-7-11-21(19)30-3)25(2)23(27)18-12-13-20(24)22(16-18)31(28,29)26-14-8-4-5-9-15-26/h6-7,10-13,16-17H,4-5,8-9,14-15H2,1-3H3/t17-/m1/s1. The van der Waals surface area contributed by atoms with Crippen LogP contribution in [-0.4, -0.2) is 50.8 Å². The maximum Gasteiger partial charge on any atom is 0.254 e. The van der Waals surface area contributed by atoms with E-state index in [2.05, 4.69) is 0 Å². The SMILES string of the molecule is COc1ccccc1[C@@H](C)N(C)C(=O)c1ccc(Cl)c(S(=O)(=O)N2CCCCCC2)c1. The van der Waals surface area contributed by atoms with Gasteiger partial charge in [0.2, 0.25) is 10.0 Å². The Morgan fingerprint density at radius 2 is 1.74 bits per heavy atom. The van der Waals surface area contributed by atoms with E-state index in [1.807, 2.05) is 31.2 Å². The average Bonchev–Trinajstić information content (AvgIpc) is 3.08. The van der Waals surface area contributed by atoms with Crippen LogP contribution in [0.4, 0.5) is 0 Å². The van der Waals surface area contributed by atoms with E-state index in [9.17, 15) is 13.2 Å². The van der Waals surface area contributed by atoms with Crippen LogP contribution in [0.5, 0.6) is 5.75 Å². The lowest BCUT2D eigenvalue weighted by Gasteiger charge is -2.27. The summed E-state index contributed by atoms with van der Waals surface area (Å²) in [6.45, 7) is 2.85. The second-order valence-corrected chi connectivity index (χ2v) is 10.1. The Balaban J connectivity index is 1.90. The number of para-hydroxylation sites is 1. The minimum absolute atomic E-state index is 0.0136. The van der Waals surface area contributed by atoms with Gasteiger partial charge in [0.15, 0.2) is 0 Å². The van der Waals surface area contributed by atoms with E-state index in [0.717, 1.165) is 31.2 Å². The first-order valence-corrected chi connectivity index (χ1v) is 12.3. The largest absolute Gasteiger partial charge is 0.496 e. The van der Waals surface area contributed by atoms with Crippen LogP contribution in [0.2, 0.25) is 5.02 Å². The Hall–Kier alpha value is -2.09. The van der Waals surface area contributed by atoms with Crippen LogP contribution >= 0.6 is 11.6 Å². The third-order valence-corrected chi connectivity index (χ3v) is 8.23. The Morgan fingerprint density at radius 1 is 1.10 bits per heavy atom. The van der Waals surface area contributed by atoms with E-state index < -0.39 is 10.0 Å². The van der Waals surface area contributed by atoms with E-state index in [1.165, 1.54) is 16.4 Å². The lowest BCUT2D eigenvalue weighted by atomic mass is 10.0. The fourth-order valence-electron chi connectivity index (χ4n) is 3.85. The summed E-state index contributed by atoms with van der Waals surface area (Å²) in [5, 5.41) is 0.126. The Bertz CT molecular complexity index is 1030. The minimum atomic E-state index is -3.77. The van der Waals surface area contributed by atoms with Crippen molar-refractivity contribution in [1.29, 1.82) is 0 Å². The summed E-state index contributed by atoms with van der Waals surface area (Å²) >= 11 is 6.28. The van der Waals surface area contributed by atoms with Crippen molar-refractivity contribution in [3.63, 3.8) is 0 Å². The molecule has 0 aromatic heterocycles. The topological polar surface area (TPSA) is 66.9 Å². The van der Waals surface area contributed by atoms with Gasteiger partial charge in [-0.05, 0) is 44.0 Å². The normalized spacial score (nSPS) is 16.4. The van der Waals surface area contributed by atoms with Crippen molar-refractivity contribution in [2.45, 2.75) is 43.5 Å². The molecule has 168 valence electrons. The van der Waals surface area contributed by atoms with Crippen molar-refractivity contribution >= 4 is 27.5 Å². The van der Waals surface area contributed by atoms with Gasteiger partial charge in [0.1, 0.15) is 10.6 Å². The smallest absolute Gasteiger partial charge is 0.254 e. The van der Waals surface area contributed by atoms with E-state index in [1.54, 1.807) is 25.1 Å². The van der Waals surface area contributed by atoms with Gasteiger partial charge in [-0.15, -0.1) is 0 Å². The molecule has 1 aliphatic rings. The fourth-order valence-corrected chi connectivity index (χ4v) is 5.87. The number of carbonyl (C=O) groups is 1. The molecule has 0 saturated carbocycles. The molecule has 1 fully saturated rings. The van der Waals surface area contributed by atoms with Gasteiger partial charge in [0.05, 0.1) is 18.2 Å². The molecule has 1 aliphatic heterocycles. The third kappa shape index (κ3) is 5.05. The zero-order valence-corrected chi connectivity index (χ0v) is 19.7. The monoisotopic (exact) mass is 464 g/mol. The number of rotatable bonds is 6. The fraction of sp³-hybridized carbons (Fsp3) is 0.435. The van der Waals surface area contributed by atoms with Crippen molar-refractivity contribution in [1.82, 2.24) is 9.21 Å². The molecule has 3 rings (SSSR count). The number of amides is 1. The lowest BCUT2D eigenvalue weighted by Crippen LogP contribution is -2.33. The van der Waals surface area contributed by atoms with Crippen molar-refractivity contribution in [3.05, 3.63) is 58.6 Å². The molecular formula is C23H29ClN2O4S. The molecule has 0 spiro atoms. The molecule has 8 heteroatoms. The first kappa shape index (κ1) is 23.6. The summed E-state index contributed by atoms with van der Waals surface area (Å²) in [6, 6.07) is 11.7. The molecule has 0 aliphatic carbocycles. The van der Waals surface area contributed by atoms with Crippen molar-refractivity contribution in [3.8, 4) is 5.75 Å². The number of carbonyl (C=O) groups excluding carboxylic acids is 1. The van der Waals surface area contributed by atoms with Gasteiger partial charge in [-0.25, -0.2) is 8.42 Å². The Kier molecular flexibility index (Phi) is 7.62. The first-order valence-electron chi connectivity index (χ1n) is 10.5. The molecule has 0 unspecified atom stereocenters. The summed E-state index contributed by atoms with van der Waals surface area (Å²) in [5.41, 5.74) is 1.15. The van der Waals surface area contributed by atoms with Crippen LogP contribution < -0.4 is 4.74 Å². The molecule has 0 radical (unpaired) electrons. The van der Waals surface area contributed by atoms with Crippen molar-refractivity contribution in [2.24, 2.45) is 0 Å². The highest BCUT2D eigenvalue weighted by Gasteiger charge is 2.29. The van der Waals surface area contributed by atoms with E-state index in [-0.39, 0.29) is 27.4 Å². The van der Waals surface area contributed by atoms with Gasteiger partial charge >= 0.3 is 0 Å². The highest BCUT2D eigenvalue weighted by molar-refractivity contribution is 7.89. The summed E-state index contributed by atoms with van der Waals surface area (Å²) in [4.78, 5) is 14.8. The molecule has 31 heavy (non-hydrogen) atoms. The quantitative estimate of drug-likeness (QED) is 0.618. The maximum absolute atomic E-state index is 13.2. The highest BCUT2D eigenvalue weighted by Crippen LogP contribution is 2.31. The number of hydrogen-bond acceptors (Lipinski definition) is 4. The second kappa shape index (κ2) is 10.0. The van der Waals surface area contributed by atoms with Gasteiger partial charge in [-0.3, -0.25) is 4.79 Å². The van der Waals surface area contributed by atoms with E-state index in [0.29, 0.717) is 18.8 Å². The summed E-state index contributed by atoms with van der Waals surface area (Å²) in [7, 11) is -0.489. The van der Waals surface area contributed by atoms with Gasteiger partial charge in [-0.1, -0.05) is 42.6 Å². The van der Waals surface area contributed by atoms with Gasteiger partial charge < -0.3 is 9.64 Å². The molecule has 0 N–H and O–H groups in total. The summed E-state index contributed by atoms with van der Waals surface area (Å²) in [6.07, 6.45) is 3.69. The molecule has 6 nitrogen and oxygen atoms in total. The number of sulfonamides is 1. The van der Waals surface area contributed by atoms with E-state index >= 15 is 0 Å². The molecule has 1 amide bonds. The maximum atomic E-state index is 13.2. The average molecular weight is 465 g/mol. The van der Waals surface area contributed by atoms with Crippen molar-refractivity contribution in [2.75, 3.05) is 27.2 Å². The predicted octanol–water partition coefficient (Wildman–Crippen LogP) is 4.75. The second-order valence-electron chi connectivity index (χ2n) is 7.80. The predicted molar refractivity (Wildman–Crippen MR) is 122 cm³/mol.